The molecular weight excluding hydrogens is 307 g/mol. The Labute approximate surface area is 110 Å². The number of hydrogen-bond donors (Lipinski definition) is 0. The normalized spacial score (nSPS) is 13.6. The van der Waals surface area contributed by atoms with Crippen molar-refractivity contribution in [1.29, 1.82) is 0 Å². The number of alkyl halides is 1. The highest BCUT2D eigenvalue weighted by atomic mass is 79.9. The first kappa shape index (κ1) is 14.6. The highest BCUT2D eigenvalue weighted by Gasteiger charge is 2.16. The average molecular weight is 323 g/mol. The minimum Gasteiger partial charge on any atom is -0.224 e. The van der Waals surface area contributed by atoms with Crippen molar-refractivity contribution in [3.05, 3.63) is 30.1 Å². The summed E-state index contributed by atoms with van der Waals surface area (Å²) in [4.78, 5) is 0.0727. The van der Waals surface area contributed by atoms with Crippen molar-refractivity contribution in [2.24, 2.45) is 5.92 Å². The monoisotopic (exact) mass is 322 g/mol. The lowest BCUT2D eigenvalue weighted by Crippen LogP contribution is -2.10. The summed E-state index contributed by atoms with van der Waals surface area (Å²) in [6.07, 6.45) is 1.54. The van der Waals surface area contributed by atoms with Gasteiger partial charge in [0.2, 0.25) is 0 Å². The first-order valence-electron chi connectivity index (χ1n) is 5.50. The summed E-state index contributed by atoms with van der Waals surface area (Å²) in [5.74, 6) is -0.0951. The smallest absolute Gasteiger partial charge is 0.178 e. The van der Waals surface area contributed by atoms with Crippen LogP contribution in [0.3, 0.4) is 0 Å². The van der Waals surface area contributed by atoms with Crippen molar-refractivity contribution < 1.29 is 12.8 Å². The van der Waals surface area contributed by atoms with Crippen LogP contribution in [-0.4, -0.2) is 19.5 Å². The molecule has 0 spiro atoms. The summed E-state index contributed by atoms with van der Waals surface area (Å²) in [5.41, 5.74) is 0. The Morgan fingerprint density at radius 1 is 1.35 bits per heavy atom. The van der Waals surface area contributed by atoms with Crippen LogP contribution in [0, 0.1) is 11.7 Å². The molecule has 17 heavy (non-hydrogen) atoms. The molecule has 0 aromatic heterocycles. The fourth-order valence-electron chi connectivity index (χ4n) is 1.47. The topological polar surface area (TPSA) is 34.1 Å². The van der Waals surface area contributed by atoms with Crippen LogP contribution in [0.5, 0.6) is 0 Å². The van der Waals surface area contributed by atoms with Gasteiger partial charge < -0.3 is 0 Å². The van der Waals surface area contributed by atoms with Gasteiger partial charge in [-0.3, -0.25) is 0 Å². The highest BCUT2D eigenvalue weighted by Crippen LogP contribution is 2.17. The Balaban J connectivity index is 2.69. The summed E-state index contributed by atoms with van der Waals surface area (Å²) in [5, 5.41) is 0.869. The fraction of sp³-hybridized carbons (Fsp3) is 0.500. The predicted octanol–water partition coefficient (Wildman–Crippen LogP) is 3.41. The van der Waals surface area contributed by atoms with Gasteiger partial charge in [-0.2, -0.15) is 0 Å². The van der Waals surface area contributed by atoms with Crippen LogP contribution in [0.1, 0.15) is 19.8 Å². The summed E-state index contributed by atoms with van der Waals surface area (Å²) >= 11 is 3.33. The highest BCUT2D eigenvalue weighted by molar-refractivity contribution is 9.09. The molecule has 96 valence electrons. The van der Waals surface area contributed by atoms with Crippen molar-refractivity contribution in [3.63, 3.8) is 0 Å². The number of halogens is 2. The predicted molar refractivity (Wildman–Crippen MR) is 70.6 cm³/mol. The third-order valence-corrected chi connectivity index (χ3v) is 4.84. The van der Waals surface area contributed by atoms with E-state index >= 15 is 0 Å². The van der Waals surface area contributed by atoms with Crippen molar-refractivity contribution in [2.45, 2.75) is 24.7 Å². The van der Waals surface area contributed by atoms with E-state index in [1.54, 1.807) is 0 Å². The molecule has 0 fully saturated rings. The number of sulfone groups is 1. The van der Waals surface area contributed by atoms with E-state index < -0.39 is 15.7 Å². The number of hydrogen-bond acceptors (Lipinski definition) is 2. The van der Waals surface area contributed by atoms with Gasteiger partial charge in [-0.25, -0.2) is 12.8 Å². The first-order valence-corrected chi connectivity index (χ1v) is 8.27. The molecule has 2 nitrogen and oxygen atoms in total. The lowest BCUT2D eigenvalue weighted by atomic mass is 10.1. The Bertz CT molecular complexity index is 459. The first-order chi connectivity index (χ1) is 7.95. The van der Waals surface area contributed by atoms with E-state index in [9.17, 15) is 12.8 Å². The SMILES string of the molecule is CC(CCBr)CCS(=O)(=O)c1cccc(F)c1. The molecule has 1 atom stereocenters. The van der Waals surface area contributed by atoms with Gasteiger partial charge in [-0.15, -0.1) is 0 Å². The lowest BCUT2D eigenvalue weighted by molar-refractivity contribution is 0.536. The van der Waals surface area contributed by atoms with E-state index in [1.165, 1.54) is 18.2 Å². The molecule has 0 N–H and O–H groups in total. The van der Waals surface area contributed by atoms with Crippen LogP contribution in [0.2, 0.25) is 0 Å². The summed E-state index contributed by atoms with van der Waals surface area (Å²) in [6.45, 7) is 2.02. The molecule has 0 aliphatic carbocycles. The molecule has 0 heterocycles. The Hall–Kier alpha value is -0.420. The molecule has 0 amide bonds. The minimum atomic E-state index is -3.35. The molecule has 5 heteroatoms. The average Bonchev–Trinajstić information content (AvgIpc) is 2.27. The van der Waals surface area contributed by atoms with E-state index in [4.69, 9.17) is 0 Å². The van der Waals surface area contributed by atoms with Gasteiger partial charge in [0.25, 0.3) is 0 Å². The molecule has 0 aliphatic heterocycles. The fourth-order valence-corrected chi connectivity index (χ4v) is 3.77. The van der Waals surface area contributed by atoms with Crippen LogP contribution in [0.25, 0.3) is 0 Å². The molecule has 0 radical (unpaired) electrons. The molecule has 0 aliphatic rings. The van der Waals surface area contributed by atoms with Crippen molar-refractivity contribution in [3.8, 4) is 0 Å². The maximum Gasteiger partial charge on any atom is 0.178 e. The van der Waals surface area contributed by atoms with E-state index in [0.29, 0.717) is 12.3 Å². The molecule has 0 saturated heterocycles. The van der Waals surface area contributed by atoms with Crippen LogP contribution >= 0.6 is 15.9 Å². The van der Waals surface area contributed by atoms with Gasteiger partial charge in [-0.1, -0.05) is 28.9 Å². The molecule has 1 aromatic rings. The Morgan fingerprint density at radius 3 is 2.65 bits per heavy atom. The maximum absolute atomic E-state index is 12.9. The summed E-state index contributed by atoms with van der Waals surface area (Å²) in [7, 11) is -3.35. The minimum absolute atomic E-state index is 0.0727. The van der Waals surface area contributed by atoms with Gasteiger partial charge in [-0.05, 0) is 37.0 Å². The standard InChI is InChI=1S/C12H16BrFO2S/c1-10(5-7-13)6-8-17(15,16)12-4-2-3-11(14)9-12/h2-4,9-10H,5-8H2,1H3. The third kappa shape index (κ3) is 4.76. The molecule has 0 saturated carbocycles. The summed E-state index contributed by atoms with van der Waals surface area (Å²) < 4.78 is 36.8. The van der Waals surface area contributed by atoms with Crippen LogP contribution in [0.4, 0.5) is 4.39 Å². The zero-order valence-corrected chi connectivity index (χ0v) is 12.1. The largest absolute Gasteiger partial charge is 0.224 e. The van der Waals surface area contributed by atoms with Crippen LogP contribution < -0.4 is 0 Å². The van der Waals surface area contributed by atoms with Crippen molar-refractivity contribution in [2.75, 3.05) is 11.1 Å². The molecule has 1 unspecified atom stereocenters. The van der Waals surface area contributed by atoms with Crippen molar-refractivity contribution in [1.82, 2.24) is 0 Å². The molecular formula is C12H16BrFO2S. The quantitative estimate of drug-likeness (QED) is 0.752. The summed E-state index contributed by atoms with van der Waals surface area (Å²) in [6, 6.07) is 5.18. The Kier molecular flexibility index (Phi) is 5.59. The van der Waals surface area contributed by atoms with E-state index in [1.807, 2.05) is 6.92 Å². The lowest BCUT2D eigenvalue weighted by Gasteiger charge is -2.09. The van der Waals surface area contributed by atoms with Crippen LogP contribution in [0.15, 0.2) is 29.2 Å². The zero-order valence-electron chi connectivity index (χ0n) is 9.70. The second kappa shape index (κ2) is 6.50. The maximum atomic E-state index is 12.9. The number of benzene rings is 1. The second-order valence-electron chi connectivity index (χ2n) is 4.15. The third-order valence-electron chi connectivity index (χ3n) is 2.64. The van der Waals surface area contributed by atoms with Crippen LogP contribution in [-0.2, 0) is 9.84 Å². The van der Waals surface area contributed by atoms with E-state index in [2.05, 4.69) is 15.9 Å². The number of rotatable bonds is 6. The molecule has 1 aromatic carbocycles. The van der Waals surface area contributed by atoms with Crippen molar-refractivity contribution >= 4 is 25.8 Å². The van der Waals surface area contributed by atoms with Gasteiger partial charge in [0.1, 0.15) is 5.82 Å². The molecule has 1 rings (SSSR count). The second-order valence-corrected chi connectivity index (χ2v) is 7.05. The van der Waals surface area contributed by atoms with Gasteiger partial charge in [0.05, 0.1) is 10.6 Å². The molecule has 0 bridgehead atoms. The van der Waals surface area contributed by atoms with Gasteiger partial charge >= 0.3 is 0 Å². The zero-order chi connectivity index (χ0) is 12.9. The van der Waals surface area contributed by atoms with Gasteiger partial charge in [0, 0.05) is 5.33 Å². The Morgan fingerprint density at radius 2 is 2.06 bits per heavy atom. The van der Waals surface area contributed by atoms with E-state index in [-0.39, 0.29) is 10.6 Å². The van der Waals surface area contributed by atoms with E-state index in [0.717, 1.165) is 17.8 Å². The van der Waals surface area contributed by atoms with Gasteiger partial charge in [0.15, 0.2) is 9.84 Å².